The zero-order valence-electron chi connectivity index (χ0n) is 12.5. The van der Waals surface area contributed by atoms with Gasteiger partial charge in [-0.05, 0) is 31.5 Å². The lowest BCUT2D eigenvalue weighted by Crippen LogP contribution is -2.33. The normalized spacial score (nSPS) is 15.0. The molecule has 2 aromatic rings. The molecule has 5 nitrogen and oxygen atoms in total. The number of aromatic nitrogens is 2. The second-order valence-electron chi connectivity index (χ2n) is 5.55. The van der Waals surface area contributed by atoms with Gasteiger partial charge < -0.3 is 5.32 Å². The molecule has 1 aliphatic carbocycles. The van der Waals surface area contributed by atoms with Gasteiger partial charge in [-0.2, -0.15) is 0 Å². The molecule has 5 heteroatoms. The molecular formula is C16H22N4O. The van der Waals surface area contributed by atoms with Crippen molar-refractivity contribution in [3.05, 3.63) is 46.5 Å². The molecule has 3 rings (SSSR count). The van der Waals surface area contributed by atoms with Crippen LogP contribution in [0.1, 0.15) is 25.5 Å². The van der Waals surface area contributed by atoms with E-state index in [1.807, 2.05) is 18.2 Å². The van der Waals surface area contributed by atoms with Crippen molar-refractivity contribution in [1.29, 1.82) is 0 Å². The third kappa shape index (κ3) is 3.49. The van der Waals surface area contributed by atoms with Gasteiger partial charge in [0.25, 0.3) is 5.56 Å². The van der Waals surface area contributed by atoms with Crippen LogP contribution in [-0.4, -0.2) is 40.0 Å². The highest BCUT2D eigenvalue weighted by Gasteiger charge is 2.26. The van der Waals surface area contributed by atoms with Gasteiger partial charge >= 0.3 is 0 Å². The van der Waals surface area contributed by atoms with Crippen molar-refractivity contribution in [3.8, 4) is 0 Å². The van der Waals surface area contributed by atoms with Gasteiger partial charge in [0, 0.05) is 37.9 Å². The number of pyridine rings is 1. The molecule has 1 saturated carbocycles. The topological polar surface area (TPSA) is 49.6 Å². The number of nitrogens with zero attached hydrogens (tertiary/aromatic N) is 3. The quantitative estimate of drug-likeness (QED) is 0.779. The molecule has 0 spiro atoms. The summed E-state index contributed by atoms with van der Waals surface area (Å²) >= 11 is 0. The summed E-state index contributed by atoms with van der Waals surface area (Å²) in [5, 5.41) is 3.39. The molecule has 1 fully saturated rings. The number of hydrogen-bond donors (Lipinski definition) is 1. The van der Waals surface area contributed by atoms with Crippen molar-refractivity contribution < 1.29 is 0 Å². The molecule has 0 bridgehead atoms. The fourth-order valence-electron chi connectivity index (χ4n) is 2.67. The van der Waals surface area contributed by atoms with Gasteiger partial charge in [0.1, 0.15) is 5.65 Å². The van der Waals surface area contributed by atoms with Gasteiger partial charge in [0.05, 0.1) is 5.69 Å². The van der Waals surface area contributed by atoms with Crippen molar-refractivity contribution in [3.63, 3.8) is 0 Å². The van der Waals surface area contributed by atoms with Gasteiger partial charge in [0.15, 0.2) is 0 Å². The highest BCUT2D eigenvalue weighted by molar-refractivity contribution is 5.37. The molecule has 0 unspecified atom stereocenters. The predicted octanol–water partition coefficient (Wildman–Crippen LogP) is 1.27. The third-order valence-electron chi connectivity index (χ3n) is 3.98. The van der Waals surface area contributed by atoms with Crippen LogP contribution in [-0.2, 0) is 6.54 Å². The van der Waals surface area contributed by atoms with Crippen LogP contribution in [0, 0.1) is 0 Å². The predicted molar refractivity (Wildman–Crippen MR) is 83.4 cm³/mol. The Morgan fingerprint density at radius 2 is 2.29 bits per heavy atom. The first kappa shape index (κ1) is 14.2. The summed E-state index contributed by atoms with van der Waals surface area (Å²) in [6, 6.07) is 8.01. The molecule has 0 aromatic carbocycles. The number of hydrogen-bond acceptors (Lipinski definition) is 4. The van der Waals surface area contributed by atoms with Crippen LogP contribution in [0.2, 0.25) is 0 Å². The summed E-state index contributed by atoms with van der Waals surface area (Å²) in [7, 11) is 0. The Labute approximate surface area is 124 Å². The average Bonchev–Trinajstić information content (AvgIpc) is 3.32. The van der Waals surface area contributed by atoms with E-state index in [9.17, 15) is 4.79 Å². The summed E-state index contributed by atoms with van der Waals surface area (Å²) in [5.74, 6) is 0. The van der Waals surface area contributed by atoms with E-state index in [2.05, 4.69) is 22.1 Å². The van der Waals surface area contributed by atoms with E-state index in [0.29, 0.717) is 12.2 Å². The first-order valence-corrected chi connectivity index (χ1v) is 7.70. The standard InChI is InChI=1S/C16H22N4O/c1-2-19(14-6-7-14)10-8-17-12-13-11-16(21)20-9-4-3-5-15(20)18-13/h3-5,9,11,14,17H,2,6-8,10,12H2,1H3. The minimum absolute atomic E-state index is 0.0226. The van der Waals surface area contributed by atoms with E-state index in [1.165, 1.54) is 12.8 Å². The fraction of sp³-hybridized carbons (Fsp3) is 0.500. The fourth-order valence-corrected chi connectivity index (χ4v) is 2.67. The lowest BCUT2D eigenvalue weighted by molar-refractivity contribution is 0.277. The van der Waals surface area contributed by atoms with Crippen molar-refractivity contribution >= 4 is 5.65 Å². The molecule has 0 saturated heterocycles. The molecule has 0 aliphatic heterocycles. The minimum atomic E-state index is -0.0226. The molecular weight excluding hydrogens is 264 g/mol. The lowest BCUT2D eigenvalue weighted by Gasteiger charge is -2.19. The van der Waals surface area contributed by atoms with Crippen LogP contribution >= 0.6 is 0 Å². The van der Waals surface area contributed by atoms with Crippen LogP contribution in [0.4, 0.5) is 0 Å². The third-order valence-corrected chi connectivity index (χ3v) is 3.98. The largest absolute Gasteiger partial charge is 0.310 e. The van der Waals surface area contributed by atoms with E-state index in [-0.39, 0.29) is 5.56 Å². The van der Waals surface area contributed by atoms with Crippen LogP contribution < -0.4 is 10.9 Å². The number of rotatable bonds is 7. The van der Waals surface area contributed by atoms with Gasteiger partial charge in [-0.25, -0.2) is 4.98 Å². The molecule has 0 amide bonds. The molecule has 1 aliphatic rings. The van der Waals surface area contributed by atoms with E-state index >= 15 is 0 Å². The van der Waals surface area contributed by atoms with Crippen molar-refractivity contribution in [2.45, 2.75) is 32.4 Å². The lowest BCUT2D eigenvalue weighted by atomic mass is 10.3. The summed E-state index contributed by atoms with van der Waals surface area (Å²) in [4.78, 5) is 19.0. The molecule has 112 valence electrons. The zero-order valence-corrected chi connectivity index (χ0v) is 12.5. The van der Waals surface area contributed by atoms with E-state index in [4.69, 9.17) is 0 Å². The highest BCUT2D eigenvalue weighted by Crippen LogP contribution is 2.25. The average molecular weight is 286 g/mol. The van der Waals surface area contributed by atoms with Gasteiger partial charge in [0.2, 0.25) is 0 Å². The zero-order chi connectivity index (χ0) is 14.7. The Hall–Kier alpha value is -1.72. The van der Waals surface area contributed by atoms with E-state index < -0.39 is 0 Å². The van der Waals surface area contributed by atoms with Crippen molar-refractivity contribution in [2.24, 2.45) is 0 Å². The molecule has 0 atom stereocenters. The van der Waals surface area contributed by atoms with Crippen molar-refractivity contribution in [1.82, 2.24) is 19.6 Å². The number of fused-ring (bicyclic) bond motifs is 1. The molecule has 21 heavy (non-hydrogen) atoms. The van der Waals surface area contributed by atoms with Gasteiger partial charge in [-0.1, -0.05) is 13.0 Å². The van der Waals surface area contributed by atoms with Crippen molar-refractivity contribution in [2.75, 3.05) is 19.6 Å². The van der Waals surface area contributed by atoms with Crippen LogP contribution in [0.3, 0.4) is 0 Å². The summed E-state index contributed by atoms with van der Waals surface area (Å²) in [5.41, 5.74) is 1.49. The van der Waals surface area contributed by atoms with Crippen LogP contribution in [0.5, 0.6) is 0 Å². The molecule has 0 radical (unpaired) electrons. The SMILES string of the molecule is CCN(CCNCc1cc(=O)n2ccccc2n1)C1CC1. The second-order valence-corrected chi connectivity index (χ2v) is 5.55. The summed E-state index contributed by atoms with van der Waals surface area (Å²) < 4.78 is 1.56. The summed E-state index contributed by atoms with van der Waals surface area (Å²) in [6.07, 6.45) is 4.43. The van der Waals surface area contributed by atoms with E-state index in [1.54, 1.807) is 16.7 Å². The maximum absolute atomic E-state index is 12.0. The Balaban J connectivity index is 1.56. The van der Waals surface area contributed by atoms with Crippen LogP contribution in [0.15, 0.2) is 35.3 Å². The Bertz CT molecular complexity index is 663. The molecule has 2 heterocycles. The minimum Gasteiger partial charge on any atom is -0.310 e. The first-order valence-electron chi connectivity index (χ1n) is 7.70. The Morgan fingerprint density at radius 3 is 3.05 bits per heavy atom. The number of likely N-dealkylation sites (N-methyl/N-ethyl adjacent to an activating group) is 1. The smallest absolute Gasteiger partial charge is 0.258 e. The molecule has 1 N–H and O–H groups in total. The van der Waals surface area contributed by atoms with Gasteiger partial charge in [-0.15, -0.1) is 0 Å². The highest BCUT2D eigenvalue weighted by atomic mass is 16.1. The maximum Gasteiger partial charge on any atom is 0.258 e. The van der Waals surface area contributed by atoms with Crippen LogP contribution in [0.25, 0.3) is 5.65 Å². The van der Waals surface area contributed by atoms with Gasteiger partial charge in [-0.3, -0.25) is 14.1 Å². The van der Waals surface area contributed by atoms with E-state index in [0.717, 1.165) is 31.4 Å². The maximum atomic E-state index is 12.0. The Morgan fingerprint density at radius 1 is 1.43 bits per heavy atom. The Kier molecular flexibility index (Phi) is 4.31. The monoisotopic (exact) mass is 286 g/mol. The second kappa shape index (κ2) is 6.37. The summed E-state index contributed by atoms with van der Waals surface area (Å²) in [6.45, 7) is 5.96. The number of nitrogens with one attached hydrogen (secondary N) is 1. The first-order chi connectivity index (χ1) is 10.3. The molecule has 2 aromatic heterocycles.